The summed E-state index contributed by atoms with van der Waals surface area (Å²) in [6.07, 6.45) is 7.02. The molecule has 1 aromatic heterocycles. The summed E-state index contributed by atoms with van der Waals surface area (Å²) in [7, 11) is 0. The zero-order valence-corrected chi connectivity index (χ0v) is 14.3. The molecule has 132 valence electrons. The van der Waals surface area contributed by atoms with E-state index in [2.05, 4.69) is 15.5 Å². The largest absolute Gasteiger partial charge is 0.355 e. The first-order valence-corrected chi connectivity index (χ1v) is 8.99. The van der Waals surface area contributed by atoms with Crippen LogP contribution in [0.25, 0.3) is 0 Å². The lowest BCUT2D eigenvalue weighted by Gasteiger charge is -2.31. The standard InChI is InChI=1S/C17H26N4O3/c1-12(22)21-10-4-7-14(11-21)16(23)18-9-8-15-19-17(24-20-15)13-5-2-3-6-13/h13-14H,2-11H2,1H3,(H,18,23)/t14-/m0/s1. The third-order valence-electron chi connectivity index (χ3n) is 5.07. The van der Waals surface area contributed by atoms with Crippen molar-refractivity contribution in [3.63, 3.8) is 0 Å². The highest BCUT2D eigenvalue weighted by molar-refractivity contribution is 5.80. The molecule has 1 aliphatic heterocycles. The zero-order chi connectivity index (χ0) is 16.9. The highest BCUT2D eigenvalue weighted by Gasteiger charge is 2.27. The third kappa shape index (κ3) is 4.13. The Balaban J connectivity index is 1.42. The summed E-state index contributed by atoms with van der Waals surface area (Å²) in [5.74, 6) is 1.77. The normalized spacial score (nSPS) is 21.9. The SMILES string of the molecule is CC(=O)N1CCC[C@H](C(=O)NCCc2noc(C3CCCC3)n2)C1. The summed E-state index contributed by atoms with van der Waals surface area (Å²) in [5, 5.41) is 6.96. The second-order valence-corrected chi connectivity index (χ2v) is 6.88. The van der Waals surface area contributed by atoms with Crippen LogP contribution in [0, 0.1) is 5.92 Å². The van der Waals surface area contributed by atoms with Crippen LogP contribution in [-0.2, 0) is 16.0 Å². The summed E-state index contributed by atoms with van der Waals surface area (Å²) in [6.45, 7) is 3.33. The van der Waals surface area contributed by atoms with Crippen LogP contribution in [0.4, 0.5) is 0 Å². The van der Waals surface area contributed by atoms with Crippen LogP contribution in [0.1, 0.15) is 63.1 Å². The van der Waals surface area contributed by atoms with Gasteiger partial charge in [0.05, 0.1) is 5.92 Å². The van der Waals surface area contributed by atoms with Gasteiger partial charge in [0.25, 0.3) is 0 Å². The Morgan fingerprint density at radius 2 is 2.04 bits per heavy atom. The van der Waals surface area contributed by atoms with Crippen molar-refractivity contribution in [2.45, 2.75) is 57.8 Å². The lowest BCUT2D eigenvalue weighted by molar-refractivity contribution is -0.133. The van der Waals surface area contributed by atoms with Gasteiger partial charge in [-0.15, -0.1) is 0 Å². The number of nitrogens with zero attached hydrogens (tertiary/aromatic N) is 3. The van der Waals surface area contributed by atoms with E-state index in [1.54, 1.807) is 11.8 Å². The molecule has 1 aliphatic carbocycles. The number of rotatable bonds is 5. The molecule has 2 fully saturated rings. The van der Waals surface area contributed by atoms with Gasteiger partial charge in [-0.05, 0) is 25.7 Å². The smallest absolute Gasteiger partial charge is 0.229 e. The first kappa shape index (κ1) is 16.9. The van der Waals surface area contributed by atoms with E-state index in [1.165, 1.54) is 12.8 Å². The van der Waals surface area contributed by atoms with E-state index in [0.29, 0.717) is 31.3 Å². The number of hydrogen-bond acceptors (Lipinski definition) is 5. The molecule has 0 bridgehead atoms. The Bertz CT molecular complexity index is 580. The molecule has 2 heterocycles. The van der Waals surface area contributed by atoms with E-state index >= 15 is 0 Å². The van der Waals surface area contributed by atoms with E-state index in [1.807, 2.05) is 0 Å². The molecule has 0 aromatic carbocycles. The Morgan fingerprint density at radius 1 is 1.25 bits per heavy atom. The summed E-state index contributed by atoms with van der Waals surface area (Å²) < 4.78 is 5.34. The topological polar surface area (TPSA) is 88.3 Å². The molecule has 1 saturated heterocycles. The minimum Gasteiger partial charge on any atom is -0.355 e. The Hall–Kier alpha value is -1.92. The molecule has 0 radical (unpaired) electrons. The lowest BCUT2D eigenvalue weighted by Crippen LogP contribution is -2.45. The van der Waals surface area contributed by atoms with E-state index in [9.17, 15) is 9.59 Å². The molecule has 1 aromatic rings. The molecule has 7 heteroatoms. The molecule has 1 N–H and O–H groups in total. The van der Waals surface area contributed by atoms with E-state index in [0.717, 1.165) is 38.1 Å². The number of aromatic nitrogens is 2. The van der Waals surface area contributed by atoms with Gasteiger partial charge in [0, 0.05) is 38.9 Å². The van der Waals surface area contributed by atoms with Crippen LogP contribution in [0.2, 0.25) is 0 Å². The number of nitrogens with one attached hydrogen (secondary N) is 1. The number of hydrogen-bond donors (Lipinski definition) is 1. The fourth-order valence-corrected chi connectivity index (χ4v) is 3.63. The van der Waals surface area contributed by atoms with Crippen LogP contribution in [0.5, 0.6) is 0 Å². The van der Waals surface area contributed by atoms with Crippen molar-refractivity contribution in [2.24, 2.45) is 5.92 Å². The van der Waals surface area contributed by atoms with Crippen LogP contribution >= 0.6 is 0 Å². The summed E-state index contributed by atoms with van der Waals surface area (Å²) in [6, 6.07) is 0. The molecule has 2 amide bonds. The summed E-state index contributed by atoms with van der Waals surface area (Å²) in [5.41, 5.74) is 0. The molecule has 1 saturated carbocycles. The fraction of sp³-hybridized carbons (Fsp3) is 0.765. The van der Waals surface area contributed by atoms with Crippen molar-refractivity contribution < 1.29 is 14.1 Å². The molecular weight excluding hydrogens is 308 g/mol. The van der Waals surface area contributed by atoms with Crippen molar-refractivity contribution >= 4 is 11.8 Å². The first-order chi connectivity index (χ1) is 11.6. The monoisotopic (exact) mass is 334 g/mol. The van der Waals surface area contributed by atoms with Crippen LogP contribution in [0.15, 0.2) is 4.52 Å². The van der Waals surface area contributed by atoms with Crippen LogP contribution in [0.3, 0.4) is 0 Å². The summed E-state index contributed by atoms with van der Waals surface area (Å²) >= 11 is 0. The quantitative estimate of drug-likeness (QED) is 0.884. The molecule has 3 rings (SSSR count). The van der Waals surface area contributed by atoms with Gasteiger partial charge in [-0.2, -0.15) is 4.98 Å². The third-order valence-corrected chi connectivity index (χ3v) is 5.07. The van der Waals surface area contributed by atoms with E-state index < -0.39 is 0 Å². The maximum Gasteiger partial charge on any atom is 0.229 e. The predicted molar refractivity (Wildman–Crippen MR) is 87.2 cm³/mol. The highest BCUT2D eigenvalue weighted by atomic mass is 16.5. The Kier molecular flexibility index (Phi) is 5.48. The van der Waals surface area contributed by atoms with Gasteiger partial charge in [0.1, 0.15) is 0 Å². The average molecular weight is 334 g/mol. The number of carbonyl (C=O) groups excluding carboxylic acids is 2. The number of amides is 2. The van der Waals surface area contributed by atoms with Gasteiger partial charge in [0.2, 0.25) is 17.7 Å². The van der Waals surface area contributed by atoms with Gasteiger partial charge in [-0.25, -0.2) is 0 Å². The Morgan fingerprint density at radius 3 is 2.79 bits per heavy atom. The average Bonchev–Trinajstić information content (AvgIpc) is 3.26. The van der Waals surface area contributed by atoms with Gasteiger partial charge >= 0.3 is 0 Å². The highest BCUT2D eigenvalue weighted by Crippen LogP contribution is 2.32. The van der Waals surface area contributed by atoms with Gasteiger partial charge in [0.15, 0.2) is 5.82 Å². The van der Waals surface area contributed by atoms with Crippen molar-refractivity contribution in [1.29, 1.82) is 0 Å². The first-order valence-electron chi connectivity index (χ1n) is 8.99. The van der Waals surface area contributed by atoms with Gasteiger partial charge < -0.3 is 14.7 Å². The van der Waals surface area contributed by atoms with Crippen molar-refractivity contribution in [3.8, 4) is 0 Å². The maximum absolute atomic E-state index is 12.3. The molecular formula is C17H26N4O3. The number of piperidine rings is 1. The van der Waals surface area contributed by atoms with Crippen molar-refractivity contribution in [3.05, 3.63) is 11.7 Å². The fourth-order valence-electron chi connectivity index (χ4n) is 3.63. The predicted octanol–water partition coefficient (Wildman–Crippen LogP) is 1.64. The number of carbonyl (C=O) groups is 2. The second kappa shape index (κ2) is 7.77. The number of likely N-dealkylation sites (tertiary alicyclic amines) is 1. The lowest BCUT2D eigenvalue weighted by atomic mass is 9.97. The molecule has 24 heavy (non-hydrogen) atoms. The van der Waals surface area contributed by atoms with Gasteiger partial charge in [-0.3, -0.25) is 9.59 Å². The van der Waals surface area contributed by atoms with E-state index in [4.69, 9.17) is 4.52 Å². The Labute approximate surface area is 142 Å². The molecule has 0 spiro atoms. The van der Waals surface area contributed by atoms with Crippen LogP contribution in [-0.4, -0.2) is 46.5 Å². The van der Waals surface area contributed by atoms with Crippen molar-refractivity contribution in [1.82, 2.24) is 20.4 Å². The second-order valence-electron chi connectivity index (χ2n) is 6.88. The van der Waals surface area contributed by atoms with E-state index in [-0.39, 0.29) is 17.7 Å². The maximum atomic E-state index is 12.3. The van der Waals surface area contributed by atoms with Crippen molar-refractivity contribution in [2.75, 3.05) is 19.6 Å². The molecule has 0 unspecified atom stereocenters. The molecule has 7 nitrogen and oxygen atoms in total. The van der Waals surface area contributed by atoms with Crippen LogP contribution < -0.4 is 5.32 Å². The van der Waals surface area contributed by atoms with Gasteiger partial charge in [-0.1, -0.05) is 18.0 Å². The minimum absolute atomic E-state index is 0.0143. The molecule has 2 aliphatic rings. The minimum atomic E-state index is -0.109. The molecule has 1 atom stereocenters. The zero-order valence-electron chi connectivity index (χ0n) is 14.3. The summed E-state index contributed by atoms with van der Waals surface area (Å²) in [4.78, 5) is 29.9.